The van der Waals surface area contributed by atoms with E-state index in [1.54, 1.807) is 6.07 Å². The van der Waals surface area contributed by atoms with Gasteiger partial charge in [0.25, 0.3) is 0 Å². The van der Waals surface area contributed by atoms with Gasteiger partial charge in [-0.1, -0.05) is 37.3 Å². The van der Waals surface area contributed by atoms with Crippen molar-refractivity contribution in [3.8, 4) is 5.75 Å². The molecule has 0 bridgehead atoms. The van der Waals surface area contributed by atoms with Crippen molar-refractivity contribution in [3.63, 3.8) is 0 Å². The molecule has 0 radical (unpaired) electrons. The molecular formula is C21H23FN2O2. The third kappa shape index (κ3) is 3.08. The fourth-order valence-corrected chi connectivity index (χ4v) is 3.46. The monoisotopic (exact) mass is 354 g/mol. The number of halogens is 1. The van der Waals surface area contributed by atoms with Gasteiger partial charge < -0.3 is 10.1 Å². The zero-order valence-electron chi connectivity index (χ0n) is 14.8. The molecule has 2 aromatic rings. The Morgan fingerprint density at radius 3 is 2.85 bits per heavy atom. The van der Waals surface area contributed by atoms with Gasteiger partial charge in [-0.15, -0.1) is 0 Å². The maximum Gasteiger partial charge on any atom is 0.162 e. The predicted octanol–water partition coefficient (Wildman–Crippen LogP) is 3.75. The molecule has 4 nitrogen and oxygen atoms in total. The van der Waals surface area contributed by atoms with E-state index >= 15 is 0 Å². The lowest BCUT2D eigenvalue weighted by Gasteiger charge is -2.26. The van der Waals surface area contributed by atoms with Crippen LogP contribution in [-0.4, -0.2) is 19.7 Å². The second-order valence-electron chi connectivity index (χ2n) is 6.62. The Balaban J connectivity index is 1.58. The van der Waals surface area contributed by atoms with Crippen LogP contribution in [0.2, 0.25) is 0 Å². The molecule has 0 spiro atoms. The molecule has 1 heterocycles. The summed E-state index contributed by atoms with van der Waals surface area (Å²) in [7, 11) is 0. The molecule has 136 valence electrons. The minimum atomic E-state index is -0.502. The van der Waals surface area contributed by atoms with Crippen LogP contribution in [0.5, 0.6) is 5.75 Å². The average Bonchev–Trinajstić information content (AvgIpc) is 3.40. The smallest absolute Gasteiger partial charge is 0.162 e. The van der Waals surface area contributed by atoms with E-state index in [0.717, 1.165) is 48.3 Å². The average molecular weight is 354 g/mol. The van der Waals surface area contributed by atoms with Crippen LogP contribution in [0.3, 0.4) is 0 Å². The molecule has 4 rings (SSSR count). The molecule has 2 aliphatic rings. The lowest BCUT2D eigenvalue weighted by molar-refractivity contribution is 0.0746. The van der Waals surface area contributed by atoms with E-state index in [2.05, 4.69) is 17.7 Å². The molecule has 1 aliphatic heterocycles. The first-order valence-corrected chi connectivity index (χ1v) is 9.11. The van der Waals surface area contributed by atoms with Crippen LogP contribution in [0.1, 0.15) is 30.9 Å². The van der Waals surface area contributed by atoms with E-state index in [-0.39, 0.29) is 5.82 Å². The van der Waals surface area contributed by atoms with Crippen LogP contribution in [-0.2, 0) is 10.4 Å². The predicted molar refractivity (Wildman–Crippen MR) is 98.9 cm³/mol. The van der Waals surface area contributed by atoms with Crippen molar-refractivity contribution in [3.05, 3.63) is 71.0 Å². The molecule has 0 aromatic heterocycles. The van der Waals surface area contributed by atoms with Gasteiger partial charge in [-0.25, -0.2) is 4.39 Å². The maximum absolute atomic E-state index is 13.8. The summed E-state index contributed by atoms with van der Waals surface area (Å²) in [6.45, 7) is 4.56. The standard InChI is InChI=1S/C21H23FN2O2/c1-2-23-11-6-12-25-24-20-17-10-9-16(22)13-19(17)26-21(14-18(20)21)15-7-4-3-5-8-15/h3-5,7-10,13,23-24H,2,6,11-12,14H2,1H3. The molecule has 1 aliphatic carbocycles. The Morgan fingerprint density at radius 1 is 1.19 bits per heavy atom. The van der Waals surface area contributed by atoms with Crippen molar-refractivity contribution in [1.82, 2.24) is 10.8 Å². The highest BCUT2D eigenvalue weighted by Gasteiger charge is 2.58. The molecule has 2 N–H and O–H groups in total. The number of nitrogens with one attached hydrogen (secondary N) is 2. The Labute approximate surface area is 153 Å². The van der Waals surface area contributed by atoms with E-state index in [4.69, 9.17) is 9.57 Å². The summed E-state index contributed by atoms with van der Waals surface area (Å²) in [6, 6.07) is 14.7. The lowest BCUT2D eigenvalue weighted by Crippen LogP contribution is -2.25. The molecule has 1 unspecified atom stereocenters. The summed E-state index contributed by atoms with van der Waals surface area (Å²) in [5, 5.41) is 3.27. The van der Waals surface area contributed by atoms with Gasteiger partial charge in [0.05, 0.1) is 12.3 Å². The largest absolute Gasteiger partial charge is 0.477 e. The summed E-state index contributed by atoms with van der Waals surface area (Å²) in [4.78, 5) is 5.69. The van der Waals surface area contributed by atoms with Crippen molar-refractivity contribution in [2.75, 3.05) is 19.7 Å². The van der Waals surface area contributed by atoms with Crippen LogP contribution in [0.25, 0.3) is 5.70 Å². The molecule has 2 aromatic carbocycles. The topological polar surface area (TPSA) is 42.5 Å². The van der Waals surface area contributed by atoms with Gasteiger partial charge in [0.2, 0.25) is 0 Å². The number of hydroxylamine groups is 1. The van der Waals surface area contributed by atoms with Crippen molar-refractivity contribution in [2.24, 2.45) is 0 Å². The Morgan fingerprint density at radius 2 is 2.04 bits per heavy atom. The van der Waals surface area contributed by atoms with Crippen LogP contribution >= 0.6 is 0 Å². The Hall–Kier alpha value is -2.37. The Bertz CT molecular complexity index is 822. The first-order chi connectivity index (χ1) is 12.7. The van der Waals surface area contributed by atoms with E-state index in [1.165, 1.54) is 12.1 Å². The molecule has 1 fully saturated rings. The summed E-state index contributed by atoms with van der Waals surface area (Å²) < 4.78 is 20.0. The fourth-order valence-electron chi connectivity index (χ4n) is 3.46. The highest BCUT2D eigenvalue weighted by atomic mass is 19.1. The Kier molecular flexibility index (Phi) is 4.66. The zero-order valence-corrected chi connectivity index (χ0v) is 14.8. The summed E-state index contributed by atoms with van der Waals surface area (Å²) in [6.07, 6.45) is 1.69. The van der Waals surface area contributed by atoms with Gasteiger partial charge >= 0.3 is 0 Å². The highest BCUT2D eigenvalue weighted by molar-refractivity contribution is 5.80. The number of rotatable bonds is 8. The molecule has 26 heavy (non-hydrogen) atoms. The number of fused-ring (bicyclic) bond motifs is 2. The number of hydrogen-bond acceptors (Lipinski definition) is 4. The molecule has 0 saturated heterocycles. The minimum absolute atomic E-state index is 0.304. The second-order valence-corrected chi connectivity index (χ2v) is 6.62. The van der Waals surface area contributed by atoms with Crippen molar-refractivity contribution < 1.29 is 14.0 Å². The second kappa shape index (κ2) is 7.09. The fraction of sp³-hybridized carbons (Fsp3) is 0.333. The van der Waals surface area contributed by atoms with Gasteiger partial charge in [0.1, 0.15) is 11.6 Å². The van der Waals surface area contributed by atoms with Gasteiger partial charge in [-0.05, 0) is 31.6 Å². The van der Waals surface area contributed by atoms with Crippen LogP contribution < -0.4 is 15.5 Å². The van der Waals surface area contributed by atoms with Crippen LogP contribution in [0, 0.1) is 5.82 Å². The van der Waals surface area contributed by atoms with Crippen molar-refractivity contribution >= 4 is 5.70 Å². The number of ether oxygens (including phenoxy) is 1. The van der Waals surface area contributed by atoms with Crippen molar-refractivity contribution in [2.45, 2.75) is 25.4 Å². The van der Waals surface area contributed by atoms with E-state index < -0.39 is 5.60 Å². The molecule has 0 amide bonds. The van der Waals surface area contributed by atoms with Gasteiger partial charge in [-0.3, -0.25) is 10.3 Å². The van der Waals surface area contributed by atoms with E-state index in [0.29, 0.717) is 12.4 Å². The van der Waals surface area contributed by atoms with E-state index in [9.17, 15) is 4.39 Å². The van der Waals surface area contributed by atoms with Crippen LogP contribution in [0.4, 0.5) is 4.39 Å². The van der Waals surface area contributed by atoms with Gasteiger partial charge in [0, 0.05) is 29.2 Å². The minimum Gasteiger partial charge on any atom is -0.477 e. The third-order valence-electron chi connectivity index (χ3n) is 4.85. The first-order valence-electron chi connectivity index (χ1n) is 9.11. The number of hydrogen-bond donors (Lipinski definition) is 2. The summed E-state index contributed by atoms with van der Waals surface area (Å²) in [5.41, 5.74) is 6.58. The summed E-state index contributed by atoms with van der Waals surface area (Å²) in [5.74, 6) is 0.246. The van der Waals surface area contributed by atoms with Gasteiger partial charge in [-0.2, -0.15) is 0 Å². The molecule has 1 atom stereocenters. The zero-order chi connectivity index (χ0) is 18.0. The molecule has 5 heteroatoms. The van der Waals surface area contributed by atoms with Gasteiger partial charge in [0.15, 0.2) is 5.60 Å². The quantitative estimate of drug-likeness (QED) is 0.560. The normalized spacial score (nSPS) is 20.2. The molecular weight excluding hydrogens is 331 g/mol. The first kappa shape index (κ1) is 17.1. The van der Waals surface area contributed by atoms with E-state index in [1.807, 2.05) is 30.3 Å². The summed E-state index contributed by atoms with van der Waals surface area (Å²) >= 11 is 0. The molecule has 1 saturated carbocycles. The van der Waals surface area contributed by atoms with Crippen molar-refractivity contribution in [1.29, 1.82) is 0 Å². The van der Waals surface area contributed by atoms with Crippen LogP contribution in [0.15, 0.2) is 54.1 Å². The maximum atomic E-state index is 13.8. The SMILES string of the molecule is CCNCCCONC1=C2CC2(c2ccccc2)Oc2cc(F)ccc21. The lowest BCUT2D eigenvalue weighted by atomic mass is 10.0. The number of benzene rings is 2. The third-order valence-corrected chi connectivity index (χ3v) is 4.85. The highest BCUT2D eigenvalue weighted by Crippen LogP contribution is 2.61.